The molecule has 0 N–H and O–H groups in total. The first-order chi connectivity index (χ1) is 11.9. The van der Waals surface area contributed by atoms with Crippen molar-refractivity contribution in [2.75, 3.05) is 56.7 Å². The third-order valence-electron chi connectivity index (χ3n) is 4.35. The van der Waals surface area contributed by atoms with Crippen LogP contribution >= 0.6 is 0 Å². The van der Waals surface area contributed by atoms with Gasteiger partial charge in [-0.1, -0.05) is 13.8 Å². The summed E-state index contributed by atoms with van der Waals surface area (Å²) in [6, 6.07) is 1.92. The molecule has 0 unspecified atom stereocenters. The first kappa shape index (κ1) is 19.4. The lowest BCUT2D eigenvalue weighted by atomic mass is 10.1. The SMILES string of the molecule is CC(C)CCO[C@H](C)C(=O)N1CCN(c2ccnc(N(C)C)n2)CC1. The number of rotatable bonds is 7. The summed E-state index contributed by atoms with van der Waals surface area (Å²) in [6.45, 7) is 9.73. The van der Waals surface area contributed by atoms with E-state index in [2.05, 4.69) is 28.7 Å². The van der Waals surface area contributed by atoms with E-state index in [1.54, 1.807) is 6.20 Å². The van der Waals surface area contributed by atoms with Crippen molar-refractivity contribution in [2.45, 2.75) is 33.3 Å². The monoisotopic (exact) mass is 349 g/mol. The molecule has 140 valence electrons. The molecule has 7 nitrogen and oxygen atoms in total. The first-order valence-electron chi connectivity index (χ1n) is 9.04. The standard InChI is InChI=1S/C18H31N5O2/c1-14(2)7-13-25-15(3)17(24)23-11-9-22(10-12-23)16-6-8-19-18(20-16)21(4)5/h6,8,14-15H,7,9-13H2,1-5H3/t15-/m1/s1. The fourth-order valence-corrected chi connectivity index (χ4v) is 2.70. The van der Waals surface area contributed by atoms with Crippen molar-refractivity contribution in [3.8, 4) is 0 Å². The Morgan fingerprint density at radius 3 is 2.52 bits per heavy atom. The van der Waals surface area contributed by atoms with Gasteiger partial charge < -0.3 is 19.4 Å². The lowest BCUT2D eigenvalue weighted by Gasteiger charge is -2.36. The number of carbonyl (C=O) groups excluding carboxylic acids is 1. The van der Waals surface area contributed by atoms with Crippen LogP contribution in [-0.2, 0) is 9.53 Å². The van der Waals surface area contributed by atoms with Crippen LogP contribution < -0.4 is 9.80 Å². The molecule has 0 aliphatic carbocycles. The van der Waals surface area contributed by atoms with Gasteiger partial charge in [0.15, 0.2) is 0 Å². The van der Waals surface area contributed by atoms with E-state index in [0.29, 0.717) is 31.6 Å². The third kappa shape index (κ3) is 5.56. The van der Waals surface area contributed by atoms with Crippen LogP contribution in [0, 0.1) is 5.92 Å². The molecule has 1 aliphatic heterocycles. The Morgan fingerprint density at radius 1 is 1.24 bits per heavy atom. The van der Waals surface area contributed by atoms with Crippen LogP contribution in [-0.4, -0.2) is 73.8 Å². The molecule has 0 aromatic carbocycles. The number of hydrogen-bond donors (Lipinski definition) is 0. The molecular formula is C18H31N5O2. The summed E-state index contributed by atoms with van der Waals surface area (Å²) in [6.07, 6.45) is 2.39. The topological polar surface area (TPSA) is 61.8 Å². The smallest absolute Gasteiger partial charge is 0.251 e. The highest BCUT2D eigenvalue weighted by Gasteiger charge is 2.26. The minimum atomic E-state index is -0.371. The highest BCUT2D eigenvalue weighted by atomic mass is 16.5. The van der Waals surface area contributed by atoms with E-state index in [-0.39, 0.29) is 12.0 Å². The summed E-state index contributed by atoms with van der Waals surface area (Å²) in [5, 5.41) is 0. The molecule has 0 radical (unpaired) electrons. The number of amides is 1. The van der Waals surface area contributed by atoms with Crippen molar-refractivity contribution in [1.29, 1.82) is 0 Å². The molecule has 0 bridgehead atoms. The molecule has 2 heterocycles. The Bertz CT molecular complexity index is 556. The molecule has 25 heavy (non-hydrogen) atoms. The van der Waals surface area contributed by atoms with Crippen molar-refractivity contribution in [3.63, 3.8) is 0 Å². The fourth-order valence-electron chi connectivity index (χ4n) is 2.70. The van der Waals surface area contributed by atoms with Gasteiger partial charge in [0.1, 0.15) is 11.9 Å². The largest absolute Gasteiger partial charge is 0.369 e. The molecule has 1 aromatic rings. The van der Waals surface area contributed by atoms with Crippen LogP contribution in [0.25, 0.3) is 0 Å². The second-order valence-electron chi connectivity index (χ2n) is 7.12. The van der Waals surface area contributed by atoms with Gasteiger partial charge in [0.25, 0.3) is 5.91 Å². The average molecular weight is 349 g/mol. The maximum atomic E-state index is 12.5. The lowest BCUT2D eigenvalue weighted by Crippen LogP contribution is -2.51. The summed E-state index contributed by atoms with van der Waals surface area (Å²) < 4.78 is 5.69. The maximum absolute atomic E-state index is 12.5. The zero-order valence-corrected chi connectivity index (χ0v) is 16.1. The van der Waals surface area contributed by atoms with Crippen LogP contribution in [0.3, 0.4) is 0 Å². The zero-order valence-electron chi connectivity index (χ0n) is 16.1. The number of carbonyl (C=O) groups is 1. The quantitative estimate of drug-likeness (QED) is 0.746. The van der Waals surface area contributed by atoms with Gasteiger partial charge in [-0.15, -0.1) is 0 Å². The number of anilines is 2. The first-order valence-corrected chi connectivity index (χ1v) is 9.04. The highest BCUT2D eigenvalue weighted by molar-refractivity contribution is 5.80. The summed E-state index contributed by atoms with van der Waals surface area (Å²) in [7, 11) is 3.85. The van der Waals surface area contributed by atoms with Gasteiger partial charge in [-0.05, 0) is 25.3 Å². The Balaban J connectivity index is 1.84. The van der Waals surface area contributed by atoms with Gasteiger partial charge in [-0.2, -0.15) is 4.98 Å². The molecule has 1 atom stereocenters. The van der Waals surface area contributed by atoms with E-state index in [1.165, 1.54) is 0 Å². The second-order valence-corrected chi connectivity index (χ2v) is 7.12. The Labute approximate surface area is 151 Å². The van der Waals surface area contributed by atoms with Crippen molar-refractivity contribution >= 4 is 17.7 Å². The minimum absolute atomic E-state index is 0.0834. The van der Waals surface area contributed by atoms with E-state index in [1.807, 2.05) is 36.9 Å². The summed E-state index contributed by atoms with van der Waals surface area (Å²) in [4.78, 5) is 27.3. The zero-order chi connectivity index (χ0) is 18.4. The molecule has 0 saturated carbocycles. The van der Waals surface area contributed by atoms with E-state index in [4.69, 9.17) is 4.74 Å². The van der Waals surface area contributed by atoms with Crippen molar-refractivity contribution in [3.05, 3.63) is 12.3 Å². The van der Waals surface area contributed by atoms with Crippen molar-refractivity contribution < 1.29 is 9.53 Å². The number of nitrogens with zero attached hydrogens (tertiary/aromatic N) is 5. The Hall–Kier alpha value is -1.89. The Kier molecular flexibility index (Phi) is 6.99. The molecule has 1 aliphatic rings. The van der Waals surface area contributed by atoms with Crippen LogP contribution in [0.2, 0.25) is 0 Å². The normalized spacial score (nSPS) is 16.2. The molecular weight excluding hydrogens is 318 g/mol. The predicted molar refractivity (Wildman–Crippen MR) is 100 cm³/mol. The van der Waals surface area contributed by atoms with Crippen LogP contribution in [0.5, 0.6) is 0 Å². The van der Waals surface area contributed by atoms with Crippen LogP contribution in [0.1, 0.15) is 27.2 Å². The molecule has 1 fully saturated rings. The summed E-state index contributed by atoms with van der Waals surface area (Å²) >= 11 is 0. The Morgan fingerprint density at radius 2 is 1.92 bits per heavy atom. The van der Waals surface area contributed by atoms with Gasteiger partial charge in [-0.25, -0.2) is 4.98 Å². The van der Waals surface area contributed by atoms with Crippen molar-refractivity contribution in [1.82, 2.24) is 14.9 Å². The molecule has 1 aromatic heterocycles. The van der Waals surface area contributed by atoms with Gasteiger partial charge in [0.05, 0.1) is 0 Å². The van der Waals surface area contributed by atoms with Gasteiger partial charge in [0.2, 0.25) is 5.95 Å². The molecule has 7 heteroatoms. The predicted octanol–water partition coefficient (Wildman–Crippen LogP) is 1.64. The van der Waals surface area contributed by atoms with E-state index >= 15 is 0 Å². The number of ether oxygens (including phenoxy) is 1. The highest BCUT2D eigenvalue weighted by Crippen LogP contribution is 2.16. The maximum Gasteiger partial charge on any atom is 0.251 e. The molecule has 0 spiro atoms. The minimum Gasteiger partial charge on any atom is -0.369 e. The van der Waals surface area contributed by atoms with Gasteiger partial charge in [0, 0.05) is 53.1 Å². The van der Waals surface area contributed by atoms with Crippen LogP contribution in [0.15, 0.2) is 12.3 Å². The van der Waals surface area contributed by atoms with E-state index in [0.717, 1.165) is 25.3 Å². The molecule has 1 saturated heterocycles. The molecule has 1 amide bonds. The fraction of sp³-hybridized carbons (Fsp3) is 0.722. The number of aromatic nitrogens is 2. The third-order valence-corrected chi connectivity index (χ3v) is 4.35. The summed E-state index contributed by atoms with van der Waals surface area (Å²) in [5.41, 5.74) is 0. The number of piperazine rings is 1. The van der Waals surface area contributed by atoms with Crippen molar-refractivity contribution in [2.24, 2.45) is 5.92 Å². The lowest BCUT2D eigenvalue weighted by molar-refractivity contribution is -0.143. The van der Waals surface area contributed by atoms with Gasteiger partial charge >= 0.3 is 0 Å². The van der Waals surface area contributed by atoms with E-state index < -0.39 is 0 Å². The summed E-state index contributed by atoms with van der Waals surface area (Å²) in [5.74, 6) is 2.28. The molecule has 2 rings (SSSR count). The van der Waals surface area contributed by atoms with Gasteiger partial charge in [-0.3, -0.25) is 4.79 Å². The van der Waals surface area contributed by atoms with E-state index in [9.17, 15) is 4.79 Å². The van der Waals surface area contributed by atoms with Crippen LogP contribution in [0.4, 0.5) is 11.8 Å². The second kappa shape index (κ2) is 8.99. The average Bonchev–Trinajstić information content (AvgIpc) is 2.61. The number of hydrogen-bond acceptors (Lipinski definition) is 6.